The van der Waals surface area contributed by atoms with E-state index < -0.39 is 0 Å². The lowest BCUT2D eigenvalue weighted by atomic mass is 10.1. The molecule has 2 atom stereocenters. The molecule has 2 aromatic heterocycles. The quantitative estimate of drug-likeness (QED) is 0.426. The van der Waals surface area contributed by atoms with Crippen LogP contribution in [0, 0.1) is 0 Å². The van der Waals surface area contributed by atoms with E-state index in [1.54, 1.807) is 15.9 Å². The van der Waals surface area contributed by atoms with E-state index in [0.717, 1.165) is 41.5 Å². The molecule has 0 aliphatic heterocycles. The van der Waals surface area contributed by atoms with Crippen LogP contribution >= 0.6 is 23.1 Å². The standard InChI is InChI=1S/C23H27N3O2S2/c1-4-13-26-22(28)19-17-11-8-12-18(17)30-21(19)25-23(26)29-15(3)20(27)24-14(2)16-9-6-5-7-10-16/h5-7,9-10,14-15H,4,8,11-13H2,1-3H3,(H,24,27). The molecule has 1 aliphatic carbocycles. The predicted molar refractivity (Wildman–Crippen MR) is 125 cm³/mol. The summed E-state index contributed by atoms with van der Waals surface area (Å²) < 4.78 is 1.77. The lowest BCUT2D eigenvalue weighted by Crippen LogP contribution is -2.34. The molecule has 2 unspecified atom stereocenters. The van der Waals surface area contributed by atoms with Crippen LogP contribution in [0.2, 0.25) is 0 Å². The Morgan fingerprint density at radius 3 is 2.77 bits per heavy atom. The first-order chi connectivity index (χ1) is 14.5. The van der Waals surface area contributed by atoms with E-state index in [9.17, 15) is 9.59 Å². The first kappa shape index (κ1) is 21.1. The maximum atomic E-state index is 13.3. The van der Waals surface area contributed by atoms with Crippen molar-refractivity contribution in [2.24, 2.45) is 0 Å². The topological polar surface area (TPSA) is 64.0 Å². The van der Waals surface area contributed by atoms with Gasteiger partial charge in [-0.2, -0.15) is 0 Å². The molecule has 5 nitrogen and oxygen atoms in total. The van der Waals surface area contributed by atoms with Gasteiger partial charge in [-0.3, -0.25) is 14.2 Å². The summed E-state index contributed by atoms with van der Waals surface area (Å²) in [5.74, 6) is -0.0533. The van der Waals surface area contributed by atoms with Gasteiger partial charge in [0.15, 0.2) is 5.16 Å². The fourth-order valence-corrected chi connectivity index (χ4v) is 6.18. The largest absolute Gasteiger partial charge is 0.349 e. The maximum Gasteiger partial charge on any atom is 0.263 e. The van der Waals surface area contributed by atoms with Gasteiger partial charge >= 0.3 is 0 Å². The lowest BCUT2D eigenvalue weighted by Gasteiger charge is -2.19. The van der Waals surface area contributed by atoms with Crippen LogP contribution in [0.15, 0.2) is 40.3 Å². The molecule has 3 aromatic rings. The second kappa shape index (κ2) is 8.94. The van der Waals surface area contributed by atoms with E-state index in [2.05, 4.69) is 12.2 Å². The number of rotatable bonds is 7. The van der Waals surface area contributed by atoms with Crippen molar-refractivity contribution in [3.63, 3.8) is 0 Å². The third-order valence-electron chi connectivity index (χ3n) is 5.55. The Morgan fingerprint density at radius 2 is 2.03 bits per heavy atom. The summed E-state index contributed by atoms with van der Waals surface area (Å²) in [7, 11) is 0. The summed E-state index contributed by atoms with van der Waals surface area (Å²) in [6.07, 6.45) is 3.99. The van der Waals surface area contributed by atoms with E-state index in [1.807, 2.05) is 44.2 Å². The number of fused-ring (bicyclic) bond motifs is 3. The van der Waals surface area contributed by atoms with Gasteiger partial charge in [-0.1, -0.05) is 49.0 Å². The van der Waals surface area contributed by atoms with E-state index in [-0.39, 0.29) is 22.8 Å². The van der Waals surface area contributed by atoms with E-state index in [0.29, 0.717) is 11.7 Å². The van der Waals surface area contributed by atoms with Crippen molar-refractivity contribution in [3.8, 4) is 0 Å². The van der Waals surface area contributed by atoms with Crippen LogP contribution in [0.25, 0.3) is 10.2 Å². The molecule has 1 N–H and O–H groups in total. The van der Waals surface area contributed by atoms with Crippen molar-refractivity contribution < 1.29 is 4.79 Å². The summed E-state index contributed by atoms with van der Waals surface area (Å²) in [5, 5.41) is 4.18. The molecule has 7 heteroatoms. The molecule has 1 aromatic carbocycles. The van der Waals surface area contributed by atoms with Crippen molar-refractivity contribution in [2.45, 2.75) is 69.4 Å². The number of benzene rings is 1. The number of nitrogens with zero attached hydrogens (tertiary/aromatic N) is 2. The zero-order chi connectivity index (χ0) is 21.3. The number of nitrogens with one attached hydrogen (secondary N) is 1. The van der Waals surface area contributed by atoms with Crippen molar-refractivity contribution in [3.05, 3.63) is 56.7 Å². The third kappa shape index (κ3) is 4.05. The Labute approximate surface area is 184 Å². The van der Waals surface area contributed by atoms with E-state index in [1.165, 1.54) is 22.2 Å². The maximum absolute atomic E-state index is 13.3. The summed E-state index contributed by atoms with van der Waals surface area (Å²) >= 11 is 3.02. The van der Waals surface area contributed by atoms with Crippen molar-refractivity contribution in [2.75, 3.05) is 0 Å². The summed E-state index contributed by atoms with van der Waals surface area (Å²) in [6, 6.07) is 9.84. The molecular weight excluding hydrogens is 414 g/mol. The molecule has 30 heavy (non-hydrogen) atoms. The zero-order valence-electron chi connectivity index (χ0n) is 17.6. The van der Waals surface area contributed by atoms with E-state index in [4.69, 9.17) is 4.98 Å². The van der Waals surface area contributed by atoms with E-state index >= 15 is 0 Å². The molecule has 0 radical (unpaired) electrons. The monoisotopic (exact) mass is 441 g/mol. The van der Waals surface area contributed by atoms with Gasteiger partial charge in [0.25, 0.3) is 5.56 Å². The highest BCUT2D eigenvalue weighted by molar-refractivity contribution is 8.00. The predicted octanol–water partition coefficient (Wildman–Crippen LogP) is 4.71. The Kier molecular flexibility index (Phi) is 6.29. The fourth-order valence-electron chi connectivity index (χ4n) is 3.94. The zero-order valence-corrected chi connectivity index (χ0v) is 19.2. The fraction of sp³-hybridized carbons (Fsp3) is 0.435. The highest BCUT2D eigenvalue weighted by Gasteiger charge is 2.25. The van der Waals surface area contributed by atoms with Gasteiger partial charge in [-0.15, -0.1) is 11.3 Å². The first-order valence-corrected chi connectivity index (χ1v) is 12.3. The van der Waals surface area contributed by atoms with Crippen LogP contribution in [0.5, 0.6) is 0 Å². The number of hydrogen-bond acceptors (Lipinski definition) is 5. The number of thiophene rings is 1. The second-order valence-corrected chi connectivity index (χ2v) is 10.2. The Bertz CT molecular complexity index is 1120. The van der Waals surface area contributed by atoms with Gasteiger partial charge in [-0.05, 0) is 50.7 Å². The number of hydrogen-bond donors (Lipinski definition) is 1. The molecule has 4 rings (SSSR count). The molecule has 1 aliphatic rings. The van der Waals surface area contributed by atoms with Gasteiger partial charge in [0.1, 0.15) is 4.83 Å². The van der Waals surface area contributed by atoms with Crippen molar-refractivity contribution >= 4 is 39.2 Å². The van der Waals surface area contributed by atoms with Crippen LogP contribution < -0.4 is 10.9 Å². The normalized spacial score (nSPS) is 15.2. The summed E-state index contributed by atoms with van der Waals surface area (Å²) in [5.41, 5.74) is 2.32. The van der Waals surface area contributed by atoms with Crippen LogP contribution in [0.1, 0.15) is 55.7 Å². The summed E-state index contributed by atoms with van der Waals surface area (Å²) in [4.78, 5) is 33.1. The van der Waals surface area contributed by atoms with Crippen molar-refractivity contribution in [1.82, 2.24) is 14.9 Å². The lowest BCUT2D eigenvalue weighted by molar-refractivity contribution is -0.120. The number of amides is 1. The number of aromatic nitrogens is 2. The van der Waals surface area contributed by atoms with Crippen molar-refractivity contribution in [1.29, 1.82) is 0 Å². The minimum absolute atomic E-state index is 0.0500. The summed E-state index contributed by atoms with van der Waals surface area (Å²) in [6.45, 7) is 6.53. The number of carbonyl (C=O) groups excluding carboxylic acids is 1. The van der Waals surface area contributed by atoms with Gasteiger partial charge in [0, 0.05) is 11.4 Å². The molecule has 158 valence electrons. The smallest absolute Gasteiger partial charge is 0.263 e. The average molecular weight is 442 g/mol. The van der Waals surface area contributed by atoms with Gasteiger partial charge in [-0.25, -0.2) is 4.98 Å². The van der Waals surface area contributed by atoms with Gasteiger partial charge in [0.2, 0.25) is 5.91 Å². The highest BCUT2D eigenvalue weighted by atomic mass is 32.2. The van der Waals surface area contributed by atoms with Crippen LogP contribution in [-0.4, -0.2) is 20.7 Å². The second-order valence-electron chi connectivity index (χ2n) is 7.79. The van der Waals surface area contributed by atoms with Gasteiger partial charge < -0.3 is 5.32 Å². The molecule has 0 bridgehead atoms. The number of thioether (sulfide) groups is 1. The first-order valence-electron chi connectivity index (χ1n) is 10.6. The molecule has 0 fully saturated rings. The minimum atomic E-state index is -0.351. The molecule has 0 saturated heterocycles. The number of aryl methyl sites for hydroxylation is 2. The number of carbonyl (C=O) groups is 1. The van der Waals surface area contributed by atoms with Crippen LogP contribution in [0.3, 0.4) is 0 Å². The third-order valence-corrected chi connectivity index (χ3v) is 7.82. The Balaban J connectivity index is 1.58. The average Bonchev–Trinajstić information content (AvgIpc) is 3.32. The Hall–Kier alpha value is -2.12. The SMILES string of the molecule is CCCn1c(SC(C)C(=O)NC(C)c2ccccc2)nc2sc3c(c2c1=O)CCC3. The van der Waals surface area contributed by atoms with Crippen LogP contribution in [-0.2, 0) is 24.2 Å². The minimum Gasteiger partial charge on any atom is -0.349 e. The molecule has 2 heterocycles. The Morgan fingerprint density at radius 1 is 1.27 bits per heavy atom. The van der Waals surface area contributed by atoms with Gasteiger partial charge in [0.05, 0.1) is 16.7 Å². The molecule has 1 amide bonds. The molecule has 0 spiro atoms. The van der Waals surface area contributed by atoms with Crippen LogP contribution in [0.4, 0.5) is 0 Å². The highest BCUT2D eigenvalue weighted by Crippen LogP contribution is 2.36. The molecular formula is C23H27N3O2S2. The molecule has 0 saturated carbocycles.